The predicted octanol–water partition coefficient (Wildman–Crippen LogP) is 2.31. The van der Waals surface area contributed by atoms with Crippen molar-refractivity contribution in [2.24, 2.45) is 0 Å². The van der Waals surface area contributed by atoms with E-state index in [-0.39, 0.29) is 11.7 Å². The Kier molecular flexibility index (Phi) is 4.66. The third-order valence-corrected chi connectivity index (χ3v) is 3.44. The second-order valence-corrected chi connectivity index (χ2v) is 5.80. The molecule has 1 saturated heterocycles. The number of alkyl halides is 1. The van der Waals surface area contributed by atoms with Gasteiger partial charge in [0.25, 0.3) is 0 Å². The van der Waals surface area contributed by atoms with Crippen LogP contribution in [-0.2, 0) is 11.3 Å². The second kappa shape index (κ2) is 6.07. The van der Waals surface area contributed by atoms with Gasteiger partial charge in [-0.05, 0) is 19.9 Å². The van der Waals surface area contributed by atoms with Crippen LogP contribution in [-0.4, -0.2) is 47.7 Å². The summed E-state index contributed by atoms with van der Waals surface area (Å²) in [5, 5.41) is 0. The molecule has 1 aromatic rings. The van der Waals surface area contributed by atoms with Crippen molar-refractivity contribution in [1.82, 2.24) is 9.88 Å². The van der Waals surface area contributed by atoms with Crippen LogP contribution in [0.3, 0.4) is 0 Å². The summed E-state index contributed by atoms with van der Waals surface area (Å²) in [7, 11) is 1.63. The van der Waals surface area contributed by atoms with Gasteiger partial charge in [-0.3, -0.25) is 4.90 Å². The molecule has 0 N–H and O–H groups in total. The van der Waals surface area contributed by atoms with Crippen LogP contribution in [0.4, 0.5) is 0 Å². The van der Waals surface area contributed by atoms with Crippen LogP contribution in [0, 0.1) is 0 Å². The molecule has 0 aliphatic carbocycles. The van der Waals surface area contributed by atoms with Crippen molar-refractivity contribution in [3.05, 3.63) is 23.9 Å². The number of hydrogen-bond donors (Lipinski definition) is 0. The average Bonchev–Trinajstić information content (AvgIpc) is 2.37. The van der Waals surface area contributed by atoms with E-state index in [9.17, 15) is 0 Å². The zero-order chi connectivity index (χ0) is 13.9. The third kappa shape index (κ3) is 4.06. The maximum atomic E-state index is 5.94. The highest BCUT2D eigenvalue weighted by Gasteiger charge is 2.32. The molecule has 4 nitrogen and oxygen atoms in total. The first-order chi connectivity index (χ1) is 9.02. The largest absolute Gasteiger partial charge is 0.481 e. The van der Waals surface area contributed by atoms with E-state index in [0.29, 0.717) is 11.8 Å². The molecule has 2 heterocycles. The monoisotopic (exact) mass is 284 g/mol. The van der Waals surface area contributed by atoms with Gasteiger partial charge in [0.05, 0.1) is 24.5 Å². The molecule has 1 aliphatic heterocycles. The van der Waals surface area contributed by atoms with Crippen LogP contribution in [0.1, 0.15) is 19.5 Å². The lowest BCUT2D eigenvalue weighted by molar-refractivity contribution is -0.129. The Hall–Kier alpha value is -0.840. The summed E-state index contributed by atoms with van der Waals surface area (Å²) in [6.45, 7) is 6.69. The molecular weight excluding hydrogens is 264 g/mol. The highest BCUT2D eigenvalue weighted by molar-refractivity contribution is 6.18. The van der Waals surface area contributed by atoms with Crippen LogP contribution in [0.15, 0.2) is 18.2 Å². The Morgan fingerprint density at radius 2 is 2.32 bits per heavy atom. The van der Waals surface area contributed by atoms with Gasteiger partial charge in [-0.1, -0.05) is 6.07 Å². The maximum Gasteiger partial charge on any atom is 0.213 e. The normalized spacial score (nSPS) is 23.3. The highest BCUT2D eigenvalue weighted by atomic mass is 35.5. The fourth-order valence-corrected chi connectivity index (χ4v) is 2.67. The van der Waals surface area contributed by atoms with Crippen molar-refractivity contribution in [3.8, 4) is 5.88 Å². The minimum Gasteiger partial charge on any atom is -0.481 e. The van der Waals surface area contributed by atoms with Crippen LogP contribution in [0.5, 0.6) is 5.88 Å². The molecule has 5 heteroatoms. The molecule has 0 aromatic carbocycles. The number of nitrogens with zero attached hydrogens (tertiary/aromatic N) is 2. The van der Waals surface area contributed by atoms with E-state index in [0.717, 1.165) is 25.3 Å². The van der Waals surface area contributed by atoms with Crippen LogP contribution < -0.4 is 4.74 Å². The molecule has 1 aliphatic rings. The summed E-state index contributed by atoms with van der Waals surface area (Å²) in [4.78, 5) is 6.78. The van der Waals surface area contributed by atoms with Crippen molar-refractivity contribution >= 4 is 11.6 Å². The molecule has 1 atom stereocenters. The molecule has 106 valence electrons. The minimum absolute atomic E-state index is 0.0797. The molecular formula is C14H21ClN2O2. The van der Waals surface area contributed by atoms with Crippen LogP contribution >= 0.6 is 11.6 Å². The molecule has 0 bridgehead atoms. The standard InChI is InChI=1S/C14H21ClN2O2/c1-14(2)10-17(9-12(7-15)19-14)8-11-5-4-6-13(16-11)18-3/h4-6,12H,7-10H2,1-3H3. The number of hydrogen-bond acceptors (Lipinski definition) is 4. The van der Waals surface area contributed by atoms with E-state index in [1.165, 1.54) is 0 Å². The average molecular weight is 285 g/mol. The molecule has 0 spiro atoms. The first-order valence-corrected chi connectivity index (χ1v) is 7.02. The summed E-state index contributed by atoms with van der Waals surface area (Å²) in [6.07, 6.45) is 0.0797. The highest BCUT2D eigenvalue weighted by Crippen LogP contribution is 2.23. The van der Waals surface area contributed by atoms with Crippen molar-refractivity contribution in [2.75, 3.05) is 26.1 Å². The van der Waals surface area contributed by atoms with E-state index in [4.69, 9.17) is 21.1 Å². The predicted molar refractivity (Wildman–Crippen MR) is 75.7 cm³/mol. The number of aromatic nitrogens is 1. The quantitative estimate of drug-likeness (QED) is 0.795. The van der Waals surface area contributed by atoms with E-state index in [1.807, 2.05) is 18.2 Å². The van der Waals surface area contributed by atoms with Gasteiger partial charge in [-0.25, -0.2) is 4.98 Å². The van der Waals surface area contributed by atoms with E-state index >= 15 is 0 Å². The molecule has 0 radical (unpaired) electrons. The van der Waals surface area contributed by atoms with Crippen molar-refractivity contribution in [1.29, 1.82) is 0 Å². The van der Waals surface area contributed by atoms with Crippen molar-refractivity contribution in [2.45, 2.75) is 32.1 Å². The Morgan fingerprint density at radius 1 is 1.53 bits per heavy atom. The summed E-state index contributed by atoms with van der Waals surface area (Å²) >= 11 is 5.94. The van der Waals surface area contributed by atoms with E-state index < -0.39 is 0 Å². The zero-order valence-corrected chi connectivity index (χ0v) is 12.5. The smallest absolute Gasteiger partial charge is 0.213 e. The number of rotatable bonds is 4. The Balaban J connectivity index is 2.04. The Morgan fingerprint density at radius 3 is 3.00 bits per heavy atom. The summed E-state index contributed by atoms with van der Waals surface area (Å²) in [6, 6.07) is 5.83. The lowest BCUT2D eigenvalue weighted by Gasteiger charge is -2.42. The van der Waals surface area contributed by atoms with Gasteiger partial charge < -0.3 is 9.47 Å². The summed E-state index contributed by atoms with van der Waals surface area (Å²) < 4.78 is 11.1. The summed E-state index contributed by atoms with van der Waals surface area (Å²) in [5.41, 5.74) is 0.835. The lowest BCUT2D eigenvalue weighted by atomic mass is 10.1. The van der Waals surface area contributed by atoms with Crippen LogP contribution in [0.2, 0.25) is 0 Å². The van der Waals surface area contributed by atoms with Gasteiger partial charge in [0.1, 0.15) is 0 Å². The van der Waals surface area contributed by atoms with E-state index in [1.54, 1.807) is 7.11 Å². The lowest BCUT2D eigenvalue weighted by Crippen LogP contribution is -2.52. The zero-order valence-electron chi connectivity index (χ0n) is 11.7. The SMILES string of the molecule is COc1cccc(CN2CC(CCl)OC(C)(C)C2)n1. The molecule has 2 rings (SSSR count). The summed E-state index contributed by atoms with van der Waals surface area (Å²) in [5.74, 6) is 1.17. The molecule has 0 amide bonds. The molecule has 19 heavy (non-hydrogen) atoms. The number of morpholine rings is 1. The van der Waals surface area contributed by atoms with Gasteiger partial charge in [0.15, 0.2) is 0 Å². The maximum absolute atomic E-state index is 5.94. The van der Waals surface area contributed by atoms with Crippen LogP contribution in [0.25, 0.3) is 0 Å². The van der Waals surface area contributed by atoms with Gasteiger partial charge >= 0.3 is 0 Å². The van der Waals surface area contributed by atoms with Gasteiger partial charge in [-0.15, -0.1) is 11.6 Å². The van der Waals surface area contributed by atoms with Gasteiger partial charge in [-0.2, -0.15) is 0 Å². The molecule has 1 unspecified atom stereocenters. The van der Waals surface area contributed by atoms with Gasteiger partial charge in [0, 0.05) is 31.6 Å². The first kappa shape index (κ1) is 14.6. The number of ether oxygens (including phenoxy) is 2. The Bertz CT molecular complexity index is 426. The molecule has 1 aromatic heterocycles. The van der Waals surface area contributed by atoms with E-state index in [2.05, 4.69) is 23.7 Å². The van der Waals surface area contributed by atoms with Crippen molar-refractivity contribution < 1.29 is 9.47 Å². The number of pyridine rings is 1. The number of methoxy groups -OCH3 is 1. The fraction of sp³-hybridized carbons (Fsp3) is 0.643. The second-order valence-electron chi connectivity index (χ2n) is 5.49. The minimum atomic E-state index is -0.170. The Labute approximate surface area is 119 Å². The first-order valence-electron chi connectivity index (χ1n) is 6.48. The molecule has 0 saturated carbocycles. The van der Waals surface area contributed by atoms with Crippen molar-refractivity contribution in [3.63, 3.8) is 0 Å². The third-order valence-electron chi connectivity index (χ3n) is 3.10. The molecule has 1 fully saturated rings. The number of halogens is 1. The fourth-order valence-electron chi connectivity index (χ4n) is 2.51. The topological polar surface area (TPSA) is 34.6 Å². The van der Waals surface area contributed by atoms with Gasteiger partial charge in [0.2, 0.25) is 5.88 Å².